The van der Waals surface area contributed by atoms with Gasteiger partial charge in [-0.15, -0.1) is 10.2 Å². The molecule has 0 saturated carbocycles. The zero-order valence-electron chi connectivity index (χ0n) is 12.7. The van der Waals surface area contributed by atoms with Gasteiger partial charge in [0.15, 0.2) is 5.16 Å². The van der Waals surface area contributed by atoms with Gasteiger partial charge in [-0.05, 0) is 37.3 Å². The molecule has 0 aliphatic carbocycles. The van der Waals surface area contributed by atoms with E-state index in [1.807, 2.05) is 55.5 Å². The number of hydrogen-bond donors (Lipinski definition) is 1. The second-order valence-electron chi connectivity index (χ2n) is 5.27. The fourth-order valence-corrected chi connectivity index (χ4v) is 3.35. The number of H-pyrrole nitrogens is 1. The smallest absolute Gasteiger partial charge is 0.247 e. The molecule has 1 N–H and O–H groups in total. The maximum absolute atomic E-state index is 6.00. The summed E-state index contributed by atoms with van der Waals surface area (Å²) in [6.45, 7) is 2.01. The van der Waals surface area contributed by atoms with E-state index in [9.17, 15) is 0 Å². The van der Waals surface area contributed by atoms with Crippen molar-refractivity contribution in [1.29, 1.82) is 0 Å². The molecule has 0 fully saturated rings. The van der Waals surface area contributed by atoms with E-state index in [2.05, 4.69) is 20.2 Å². The summed E-state index contributed by atoms with van der Waals surface area (Å²) in [6.07, 6.45) is 0. The molecule has 120 valence electrons. The summed E-state index contributed by atoms with van der Waals surface area (Å²) in [5, 5.41) is 9.73. The van der Waals surface area contributed by atoms with Crippen LogP contribution in [0.25, 0.3) is 22.5 Å². The minimum Gasteiger partial charge on any atom is -0.419 e. The van der Waals surface area contributed by atoms with Gasteiger partial charge in [-0.25, -0.2) is 4.98 Å². The minimum absolute atomic E-state index is 0.0222. The molecule has 2 heterocycles. The Morgan fingerprint density at radius 3 is 2.79 bits per heavy atom. The number of imidazole rings is 1. The summed E-state index contributed by atoms with van der Waals surface area (Å²) in [5.41, 5.74) is 2.70. The van der Waals surface area contributed by atoms with E-state index >= 15 is 0 Å². The van der Waals surface area contributed by atoms with Crippen LogP contribution in [0, 0.1) is 0 Å². The van der Waals surface area contributed by atoms with E-state index in [0.29, 0.717) is 16.8 Å². The number of thioether (sulfide) groups is 1. The maximum atomic E-state index is 6.00. The van der Waals surface area contributed by atoms with Crippen molar-refractivity contribution in [3.05, 3.63) is 59.4 Å². The highest BCUT2D eigenvalue weighted by Gasteiger charge is 2.18. The molecule has 7 heteroatoms. The van der Waals surface area contributed by atoms with Crippen LogP contribution in [-0.4, -0.2) is 20.2 Å². The molecule has 24 heavy (non-hydrogen) atoms. The fraction of sp³-hybridized carbons (Fsp3) is 0.118. The van der Waals surface area contributed by atoms with Crippen LogP contribution in [-0.2, 0) is 0 Å². The largest absolute Gasteiger partial charge is 0.419 e. The Bertz CT molecular complexity index is 983. The normalized spacial score (nSPS) is 12.6. The van der Waals surface area contributed by atoms with Crippen molar-refractivity contribution in [3.8, 4) is 11.5 Å². The highest BCUT2D eigenvalue weighted by atomic mass is 35.5. The van der Waals surface area contributed by atoms with Gasteiger partial charge in [0, 0.05) is 10.6 Å². The highest BCUT2D eigenvalue weighted by Crippen LogP contribution is 2.34. The summed E-state index contributed by atoms with van der Waals surface area (Å²) in [4.78, 5) is 7.80. The van der Waals surface area contributed by atoms with Crippen molar-refractivity contribution in [2.75, 3.05) is 0 Å². The third-order valence-corrected chi connectivity index (χ3v) is 4.73. The first kappa shape index (κ1) is 15.2. The highest BCUT2D eigenvalue weighted by molar-refractivity contribution is 7.99. The van der Waals surface area contributed by atoms with E-state index in [4.69, 9.17) is 16.0 Å². The predicted octanol–water partition coefficient (Wildman–Crippen LogP) is 5.12. The van der Waals surface area contributed by atoms with Crippen molar-refractivity contribution in [3.63, 3.8) is 0 Å². The number of fused-ring (bicyclic) bond motifs is 1. The van der Waals surface area contributed by atoms with Gasteiger partial charge in [0.1, 0.15) is 0 Å². The molecule has 0 saturated heterocycles. The van der Waals surface area contributed by atoms with Gasteiger partial charge >= 0.3 is 0 Å². The monoisotopic (exact) mass is 356 g/mol. The first-order valence-corrected chi connectivity index (χ1v) is 8.65. The van der Waals surface area contributed by atoms with Crippen LogP contribution in [0.2, 0.25) is 5.02 Å². The lowest BCUT2D eigenvalue weighted by atomic mass is 10.2. The molecular weight excluding hydrogens is 344 g/mol. The Morgan fingerprint density at radius 2 is 1.96 bits per heavy atom. The van der Waals surface area contributed by atoms with Crippen molar-refractivity contribution in [1.82, 2.24) is 20.2 Å². The molecule has 0 aliphatic heterocycles. The average Bonchev–Trinajstić information content (AvgIpc) is 3.22. The van der Waals surface area contributed by atoms with Crippen molar-refractivity contribution in [2.24, 2.45) is 0 Å². The van der Waals surface area contributed by atoms with Gasteiger partial charge in [-0.2, -0.15) is 0 Å². The van der Waals surface area contributed by atoms with Crippen LogP contribution < -0.4 is 0 Å². The van der Waals surface area contributed by atoms with Gasteiger partial charge < -0.3 is 9.40 Å². The zero-order valence-corrected chi connectivity index (χ0v) is 14.3. The minimum atomic E-state index is -0.0222. The third-order valence-electron chi connectivity index (χ3n) is 3.52. The summed E-state index contributed by atoms with van der Waals surface area (Å²) in [7, 11) is 0. The summed E-state index contributed by atoms with van der Waals surface area (Å²) >= 11 is 7.53. The molecule has 1 unspecified atom stereocenters. The van der Waals surface area contributed by atoms with Crippen LogP contribution in [0.1, 0.15) is 18.1 Å². The second kappa shape index (κ2) is 6.30. The standard InChI is InChI=1S/C17H13ClN4OS/c1-10(15-21-22-16(23-15)11-5-3-2-4-6-11)24-17-19-13-8-7-12(18)9-14(13)20-17/h2-10H,1H3,(H,19,20). The lowest BCUT2D eigenvalue weighted by Gasteiger charge is -2.02. The second-order valence-corrected chi connectivity index (χ2v) is 7.04. The Balaban J connectivity index is 1.55. The molecule has 2 aromatic heterocycles. The maximum Gasteiger partial charge on any atom is 0.247 e. The molecule has 4 aromatic rings. The van der Waals surface area contributed by atoms with E-state index in [1.165, 1.54) is 11.8 Å². The van der Waals surface area contributed by atoms with Crippen LogP contribution in [0.4, 0.5) is 0 Å². The Kier molecular flexibility index (Phi) is 4.00. The predicted molar refractivity (Wildman–Crippen MR) is 95.1 cm³/mol. The lowest BCUT2D eigenvalue weighted by Crippen LogP contribution is -1.89. The fourth-order valence-electron chi connectivity index (χ4n) is 2.33. The first-order chi connectivity index (χ1) is 11.7. The Labute approximate surface area is 147 Å². The molecule has 4 rings (SSSR count). The van der Waals surface area contributed by atoms with Crippen LogP contribution in [0.3, 0.4) is 0 Å². The molecule has 0 bridgehead atoms. The van der Waals surface area contributed by atoms with Crippen LogP contribution >= 0.6 is 23.4 Å². The molecule has 2 aromatic carbocycles. The topological polar surface area (TPSA) is 67.6 Å². The SMILES string of the molecule is CC(Sc1nc2ccc(Cl)cc2[nH]1)c1nnc(-c2ccccc2)o1. The Hall–Kier alpha value is -2.31. The van der Waals surface area contributed by atoms with Crippen molar-refractivity contribution < 1.29 is 4.42 Å². The Morgan fingerprint density at radius 1 is 1.12 bits per heavy atom. The first-order valence-electron chi connectivity index (χ1n) is 7.40. The van der Waals surface area contributed by atoms with Gasteiger partial charge in [0.2, 0.25) is 11.8 Å². The molecule has 0 amide bonds. The summed E-state index contributed by atoms with van der Waals surface area (Å²) in [6, 6.07) is 15.3. The zero-order chi connectivity index (χ0) is 16.5. The molecule has 5 nitrogen and oxygen atoms in total. The van der Waals surface area contributed by atoms with Crippen LogP contribution in [0.5, 0.6) is 0 Å². The van der Waals surface area contributed by atoms with E-state index in [1.54, 1.807) is 0 Å². The van der Waals surface area contributed by atoms with Gasteiger partial charge in [0.25, 0.3) is 0 Å². The number of hydrogen-bond acceptors (Lipinski definition) is 5. The van der Waals surface area contributed by atoms with Crippen molar-refractivity contribution >= 4 is 34.4 Å². The molecule has 1 atom stereocenters. The van der Waals surface area contributed by atoms with Gasteiger partial charge in [0.05, 0.1) is 16.3 Å². The number of rotatable bonds is 4. The quantitative estimate of drug-likeness (QED) is 0.514. The molecular formula is C17H13ClN4OS. The lowest BCUT2D eigenvalue weighted by molar-refractivity contribution is 0.509. The number of nitrogens with zero attached hydrogens (tertiary/aromatic N) is 3. The molecule has 0 spiro atoms. The summed E-state index contributed by atoms with van der Waals surface area (Å²) in [5.74, 6) is 1.09. The van der Waals surface area contributed by atoms with E-state index in [0.717, 1.165) is 21.8 Å². The van der Waals surface area contributed by atoms with Crippen LogP contribution in [0.15, 0.2) is 58.1 Å². The van der Waals surface area contributed by atoms with Crippen molar-refractivity contribution in [2.45, 2.75) is 17.3 Å². The van der Waals surface area contributed by atoms with E-state index < -0.39 is 0 Å². The number of benzene rings is 2. The number of nitrogens with one attached hydrogen (secondary N) is 1. The average molecular weight is 357 g/mol. The molecule has 0 aliphatic rings. The number of halogens is 1. The van der Waals surface area contributed by atoms with Gasteiger partial charge in [-0.3, -0.25) is 0 Å². The number of aromatic amines is 1. The van der Waals surface area contributed by atoms with Gasteiger partial charge in [-0.1, -0.05) is 41.6 Å². The van der Waals surface area contributed by atoms with E-state index in [-0.39, 0.29) is 5.25 Å². The molecule has 0 radical (unpaired) electrons. The summed E-state index contributed by atoms with van der Waals surface area (Å²) < 4.78 is 5.79. The third kappa shape index (κ3) is 3.02. The number of aromatic nitrogens is 4.